The smallest absolute Gasteiger partial charge is 0.271 e. The largest absolute Gasteiger partial charge is 0.488 e. The molecule has 2 fully saturated rings. The van der Waals surface area contributed by atoms with Gasteiger partial charge in [0, 0.05) is 55.0 Å². The maximum atomic E-state index is 11.9. The molecular formula is C27H30N8O3. The Morgan fingerprint density at radius 2 is 1.97 bits per heavy atom. The second-order valence-electron chi connectivity index (χ2n) is 9.73. The Hall–Kier alpha value is -4.09. The third-order valence-electron chi connectivity index (χ3n) is 6.77. The first kappa shape index (κ1) is 24.3. The van der Waals surface area contributed by atoms with Gasteiger partial charge in [0.2, 0.25) is 0 Å². The Bertz CT molecular complexity index is 1440. The van der Waals surface area contributed by atoms with Crippen molar-refractivity contribution in [3.63, 3.8) is 0 Å². The van der Waals surface area contributed by atoms with Crippen LogP contribution in [0.5, 0.6) is 5.75 Å². The number of aryl methyl sites for hydroxylation is 1. The van der Waals surface area contributed by atoms with Crippen molar-refractivity contribution in [2.75, 3.05) is 25.1 Å². The number of anilines is 2. The van der Waals surface area contributed by atoms with Crippen molar-refractivity contribution in [2.45, 2.75) is 44.9 Å². The summed E-state index contributed by atoms with van der Waals surface area (Å²) in [7, 11) is 0. The Morgan fingerprint density at radius 3 is 2.74 bits per heavy atom. The van der Waals surface area contributed by atoms with Crippen LogP contribution in [-0.4, -0.2) is 68.6 Å². The van der Waals surface area contributed by atoms with Crippen LogP contribution < -0.4 is 20.7 Å². The fourth-order valence-electron chi connectivity index (χ4n) is 5.05. The molecule has 0 radical (unpaired) electrons. The molecule has 1 amide bonds. The van der Waals surface area contributed by atoms with Crippen molar-refractivity contribution in [1.82, 2.24) is 35.4 Å². The van der Waals surface area contributed by atoms with Gasteiger partial charge in [-0.2, -0.15) is 5.10 Å². The number of carbonyl (C=O) groups excluding carboxylic acids is 1. The lowest BCUT2D eigenvalue weighted by Crippen LogP contribution is -2.56. The molecule has 6 heterocycles. The van der Waals surface area contributed by atoms with E-state index in [1.54, 1.807) is 16.6 Å². The van der Waals surface area contributed by atoms with Gasteiger partial charge in [-0.05, 0) is 49.7 Å². The van der Waals surface area contributed by atoms with E-state index in [4.69, 9.17) is 9.47 Å². The van der Waals surface area contributed by atoms with Crippen molar-refractivity contribution < 1.29 is 14.3 Å². The number of piperidine rings is 1. The fourth-order valence-corrected chi connectivity index (χ4v) is 5.05. The Balaban J connectivity index is 1.22. The third-order valence-corrected chi connectivity index (χ3v) is 6.77. The average Bonchev–Trinajstić information content (AvgIpc) is 3.31. The van der Waals surface area contributed by atoms with Crippen LogP contribution in [0.4, 0.5) is 11.6 Å². The molecule has 2 saturated heterocycles. The number of nitrogens with one attached hydrogen (secondary N) is 3. The van der Waals surface area contributed by atoms with E-state index in [1.807, 2.05) is 38.4 Å². The third kappa shape index (κ3) is 5.15. The average molecular weight is 515 g/mol. The first-order valence-corrected chi connectivity index (χ1v) is 12.9. The maximum Gasteiger partial charge on any atom is 0.271 e. The van der Waals surface area contributed by atoms with Crippen LogP contribution in [0, 0.1) is 6.92 Å². The summed E-state index contributed by atoms with van der Waals surface area (Å²) in [5.74, 6) is 1.65. The molecule has 4 aromatic heterocycles. The number of rotatable bonds is 7. The van der Waals surface area contributed by atoms with Crippen LogP contribution in [0.25, 0.3) is 16.6 Å². The molecule has 3 atom stereocenters. The van der Waals surface area contributed by atoms with E-state index in [0.717, 1.165) is 54.1 Å². The van der Waals surface area contributed by atoms with Gasteiger partial charge in [-0.3, -0.25) is 9.78 Å². The number of nitrogens with zero attached hydrogens (tertiary/aromatic N) is 5. The molecule has 11 nitrogen and oxygen atoms in total. The normalized spacial score (nSPS) is 20.7. The second kappa shape index (κ2) is 10.3. The zero-order valence-corrected chi connectivity index (χ0v) is 21.3. The monoisotopic (exact) mass is 514 g/mol. The molecule has 2 bridgehead atoms. The van der Waals surface area contributed by atoms with Crippen molar-refractivity contribution in [2.24, 2.45) is 0 Å². The summed E-state index contributed by atoms with van der Waals surface area (Å²) in [4.78, 5) is 16.4. The van der Waals surface area contributed by atoms with Crippen molar-refractivity contribution in [1.29, 1.82) is 0 Å². The summed E-state index contributed by atoms with van der Waals surface area (Å²) < 4.78 is 14.0. The van der Waals surface area contributed by atoms with Crippen LogP contribution in [0.2, 0.25) is 0 Å². The zero-order chi connectivity index (χ0) is 26.1. The minimum Gasteiger partial charge on any atom is -0.488 e. The van der Waals surface area contributed by atoms with E-state index in [-0.39, 0.29) is 17.7 Å². The Labute approximate surface area is 220 Å². The molecular weight excluding hydrogens is 484 g/mol. The van der Waals surface area contributed by atoms with E-state index in [1.165, 1.54) is 0 Å². The standard InChI is InChI=1S/C27H30N8O3/c1-3-28-27(36)23-4-5-25(33-32-23)31-26-12-20-9-17(6-7-35(20)34-26)22-8-16(2)29-13-24(22)38-21-10-18-14-37-15-19(11-21)30-18/h4-9,12-13,18-19,21,30H,3,10-11,14-15H2,1-2H3,(H,28,36)(H,31,33,34)/t18-,19+,21?. The highest BCUT2D eigenvalue weighted by atomic mass is 16.5. The van der Waals surface area contributed by atoms with Crippen LogP contribution in [-0.2, 0) is 4.74 Å². The van der Waals surface area contributed by atoms with E-state index in [2.05, 4.69) is 48.4 Å². The highest BCUT2D eigenvalue weighted by molar-refractivity contribution is 5.92. The van der Waals surface area contributed by atoms with E-state index in [0.29, 0.717) is 30.3 Å². The lowest BCUT2D eigenvalue weighted by atomic mass is 9.94. The molecule has 0 spiro atoms. The molecule has 0 aliphatic carbocycles. The van der Waals surface area contributed by atoms with Gasteiger partial charge in [-0.25, -0.2) is 4.52 Å². The predicted molar refractivity (Wildman–Crippen MR) is 142 cm³/mol. The number of pyridine rings is 2. The molecule has 2 aliphatic rings. The van der Waals surface area contributed by atoms with Gasteiger partial charge >= 0.3 is 0 Å². The van der Waals surface area contributed by atoms with Crippen LogP contribution >= 0.6 is 0 Å². The summed E-state index contributed by atoms with van der Waals surface area (Å²) in [6.07, 6.45) is 5.69. The topological polar surface area (TPSA) is 128 Å². The Morgan fingerprint density at radius 1 is 1.13 bits per heavy atom. The number of morpholine rings is 1. The van der Waals surface area contributed by atoms with Gasteiger partial charge in [0.15, 0.2) is 17.3 Å². The number of amides is 1. The van der Waals surface area contributed by atoms with E-state index < -0.39 is 0 Å². The number of hydrogen-bond donors (Lipinski definition) is 3. The quantitative estimate of drug-likeness (QED) is 0.341. The number of carbonyl (C=O) groups is 1. The van der Waals surface area contributed by atoms with Gasteiger partial charge in [0.25, 0.3) is 5.91 Å². The summed E-state index contributed by atoms with van der Waals surface area (Å²) in [5, 5.41) is 22.2. The number of hydrogen-bond acceptors (Lipinski definition) is 9. The van der Waals surface area contributed by atoms with Crippen LogP contribution in [0.3, 0.4) is 0 Å². The summed E-state index contributed by atoms with van der Waals surface area (Å²) in [5.41, 5.74) is 4.12. The van der Waals surface area contributed by atoms with Gasteiger partial charge < -0.3 is 25.4 Å². The molecule has 0 saturated carbocycles. The van der Waals surface area contributed by atoms with Crippen molar-refractivity contribution in [3.8, 4) is 16.9 Å². The van der Waals surface area contributed by atoms with Crippen LogP contribution in [0.15, 0.2) is 48.8 Å². The van der Waals surface area contributed by atoms with E-state index >= 15 is 0 Å². The molecule has 3 N–H and O–H groups in total. The number of aromatic nitrogens is 5. The van der Waals surface area contributed by atoms with Crippen molar-refractivity contribution >= 4 is 23.1 Å². The fraction of sp³-hybridized carbons (Fsp3) is 0.370. The molecule has 196 valence electrons. The maximum absolute atomic E-state index is 11.9. The highest BCUT2D eigenvalue weighted by Gasteiger charge is 2.33. The number of fused-ring (bicyclic) bond motifs is 3. The Kier molecular flexibility index (Phi) is 6.61. The zero-order valence-electron chi connectivity index (χ0n) is 21.3. The molecule has 0 aromatic carbocycles. The van der Waals surface area contributed by atoms with Gasteiger partial charge in [-0.15, -0.1) is 10.2 Å². The molecule has 4 aromatic rings. The minimum atomic E-state index is -0.251. The SMILES string of the molecule is CCNC(=O)c1ccc(Nc2cc3cc(-c4cc(C)ncc4OC4C[C@H]5COC[C@@H](C4)N5)ccn3n2)nn1. The summed E-state index contributed by atoms with van der Waals surface area (Å²) in [6, 6.07) is 12.1. The predicted octanol–water partition coefficient (Wildman–Crippen LogP) is 2.89. The van der Waals surface area contributed by atoms with Gasteiger partial charge in [0.1, 0.15) is 11.9 Å². The lowest BCUT2D eigenvalue weighted by molar-refractivity contribution is -0.0122. The molecule has 1 unspecified atom stereocenters. The number of ether oxygens (including phenoxy) is 2. The molecule has 6 rings (SSSR count). The van der Waals surface area contributed by atoms with Gasteiger partial charge in [-0.1, -0.05) is 0 Å². The first-order chi connectivity index (χ1) is 18.5. The summed E-state index contributed by atoms with van der Waals surface area (Å²) in [6.45, 7) is 5.83. The first-order valence-electron chi connectivity index (χ1n) is 12.9. The minimum absolute atomic E-state index is 0.119. The summed E-state index contributed by atoms with van der Waals surface area (Å²) >= 11 is 0. The molecule has 2 aliphatic heterocycles. The van der Waals surface area contributed by atoms with Gasteiger partial charge in [0.05, 0.1) is 24.9 Å². The van der Waals surface area contributed by atoms with Crippen LogP contribution in [0.1, 0.15) is 35.9 Å². The van der Waals surface area contributed by atoms with E-state index in [9.17, 15) is 4.79 Å². The molecule has 11 heteroatoms. The second-order valence-corrected chi connectivity index (χ2v) is 9.73. The van der Waals surface area contributed by atoms with Crippen molar-refractivity contribution in [3.05, 3.63) is 60.2 Å². The highest BCUT2D eigenvalue weighted by Crippen LogP contribution is 2.34. The molecule has 38 heavy (non-hydrogen) atoms. The lowest BCUT2D eigenvalue weighted by Gasteiger charge is -2.40.